The Hall–Kier alpha value is -1.60. The van der Waals surface area contributed by atoms with Crippen molar-refractivity contribution in [1.29, 1.82) is 5.26 Å². The molecule has 0 saturated heterocycles. The number of nitrogens with zero attached hydrogens (tertiary/aromatic N) is 2. The van der Waals surface area contributed by atoms with Crippen LogP contribution in [0.1, 0.15) is 49.8 Å². The van der Waals surface area contributed by atoms with Crippen molar-refractivity contribution in [3.8, 4) is 6.07 Å². The topological polar surface area (TPSA) is 60.7 Å². The Balaban J connectivity index is 1.75. The van der Waals surface area contributed by atoms with E-state index in [1.54, 1.807) is 0 Å². The Labute approximate surface area is 121 Å². The van der Waals surface area contributed by atoms with Gasteiger partial charge in [0.05, 0.1) is 5.56 Å². The molecule has 0 bridgehead atoms. The van der Waals surface area contributed by atoms with E-state index in [0.717, 1.165) is 18.8 Å². The summed E-state index contributed by atoms with van der Waals surface area (Å²) in [5.74, 6) is 0.704. The summed E-state index contributed by atoms with van der Waals surface area (Å²) in [4.78, 5) is 4.38. The molecule has 1 aliphatic rings. The van der Waals surface area contributed by atoms with E-state index in [9.17, 15) is 0 Å². The van der Waals surface area contributed by atoms with Crippen LogP contribution in [0.15, 0.2) is 12.1 Å². The molecule has 108 valence electrons. The Kier molecular flexibility index (Phi) is 5.82. The molecule has 4 heteroatoms. The van der Waals surface area contributed by atoms with E-state index in [2.05, 4.69) is 21.7 Å². The van der Waals surface area contributed by atoms with Crippen molar-refractivity contribution < 1.29 is 0 Å². The summed E-state index contributed by atoms with van der Waals surface area (Å²) < 4.78 is 0. The minimum Gasteiger partial charge on any atom is -0.368 e. The lowest BCUT2D eigenvalue weighted by Crippen LogP contribution is -2.32. The third-order valence-electron chi connectivity index (χ3n) is 3.86. The van der Waals surface area contributed by atoms with Crippen LogP contribution in [0.2, 0.25) is 0 Å². The van der Waals surface area contributed by atoms with Gasteiger partial charge in [0.1, 0.15) is 11.9 Å². The first-order chi connectivity index (χ1) is 9.79. The van der Waals surface area contributed by atoms with E-state index in [1.807, 2.05) is 19.1 Å². The van der Waals surface area contributed by atoms with Gasteiger partial charge in [-0.1, -0.05) is 25.7 Å². The van der Waals surface area contributed by atoms with Crippen molar-refractivity contribution >= 4 is 5.82 Å². The van der Waals surface area contributed by atoms with Crippen LogP contribution in [-0.2, 0) is 0 Å². The Morgan fingerprint density at radius 2 is 1.95 bits per heavy atom. The molecule has 0 amide bonds. The molecule has 1 heterocycles. The lowest BCUT2D eigenvalue weighted by Gasteiger charge is -2.16. The predicted octanol–water partition coefficient (Wildman–Crippen LogP) is 2.99. The molecule has 0 spiro atoms. The molecule has 20 heavy (non-hydrogen) atoms. The zero-order valence-corrected chi connectivity index (χ0v) is 12.3. The zero-order valence-electron chi connectivity index (χ0n) is 12.3. The minimum absolute atomic E-state index is 0.616. The van der Waals surface area contributed by atoms with Crippen molar-refractivity contribution in [1.82, 2.24) is 10.3 Å². The summed E-state index contributed by atoms with van der Waals surface area (Å²) in [7, 11) is 0. The monoisotopic (exact) mass is 272 g/mol. The van der Waals surface area contributed by atoms with Gasteiger partial charge < -0.3 is 10.6 Å². The third kappa shape index (κ3) is 4.50. The second-order valence-electron chi connectivity index (χ2n) is 5.53. The summed E-state index contributed by atoms with van der Waals surface area (Å²) in [6.07, 6.45) is 8.06. The first kappa shape index (κ1) is 14.8. The summed E-state index contributed by atoms with van der Waals surface area (Å²) in [5, 5.41) is 15.9. The molecule has 0 unspecified atom stereocenters. The standard InChI is InChI=1S/C16H24N4/c1-13-8-9-14(12-17)16(20-13)19-11-10-18-15-6-4-2-3-5-7-15/h8-9,15,18H,2-7,10-11H2,1H3,(H,19,20). The summed E-state index contributed by atoms with van der Waals surface area (Å²) >= 11 is 0. The van der Waals surface area contributed by atoms with Crippen molar-refractivity contribution in [2.24, 2.45) is 0 Å². The molecule has 2 N–H and O–H groups in total. The van der Waals surface area contributed by atoms with E-state index in [-0.39, 0.29) is 0 Å². The van der Waals surface area contributed by atoms with Crippen molar-refractivity contribution in [2.45, 2.75) is 51.5 Å². The maximum atomic E-state index is 9.06. The van der Waals surface area contributed by atoms with E-state index in [4.69, 9.17) is 5.26 Å². The van der Waals surface area contributed by atoms with Gasteiger partial charge in [0, 0.05) is 24.8 Å². The predicted molar refractivity (Wildman–Crippen MR) is 81.7 cm³/mol. The van der Waals surface area contributed by atoms with Crippen molar-refractivity contribution in [2.75, 3.05) is 18.4 Å². The molecule has 4 nitrogen and oxygen atoms in total. The second kappa shape index (κ2) is 7.86. The highest BCUT2D eigenvalue weighted by atomic mass is 15.0. The quantitative estimate of drug-likeness (QED) is 0.639. The molecule has 1 aromatic rings. The van der Waals surface area contributed by atoms with Crippen molar-refractivity contribution in [3.63, 3.8) is 0 Å². The number of nitrogens with one attached hydrogen (secondary N) is 2. The summed E-state index contributed by atoms with van der Waals surface area (Å²) in [5.41, 5.74) is 1.55. The van der Waals surface area contributed by atoms with Crippen LogP contribution < -0.4 is 10.6 Å². The Bertz CT molecular complexity index is 456. The van der Waals surface area contributed by atoms with Crippen LogP contribution in [0, 0.1) is 18.3 Å². The Morgan fingerprint density at radius 3 is 2.65 bits per heavy atom. The van der Waals surface area contributed by atoms with Gasteiger partial charge in [-0.3, -0.25) is 0 Å². The molecule has 0 atom stereocenters. The van der Waals surface area contributed by atoms with Gasteiger partial charge >= 0.3 is 0 Å². The maximum absolute atomic E-state index is 9.06. The van der Waals surface area contributed by atoms with Crippen LogP contribution in [0.4, 0.5) is 5.82 Å². The first-order valence-corrected chi connectivity index (χ1v) is 7.64. The van der Waals surface area contributed by atoms with E-state index in [1.165, 1.54) is 38.5 Å². The molecular weight excluding hydrogens is 248 g/mol. The van der Waals surface area contributed by atoms with Gasteiger partial charge in [0.2, 0.25) is 0 Å². The van der Waals surface area contributed by atoms with Gasteiger partial charge in [-0.2, -0.15) is 5.26 Å². The maximum Gasteiger partial charge on any atom is 0.144 e. The first-order valence-electron chi connectivity index (χ1n) is 7.64. The molecule has 0 radical (unpaired) electrons. The van der Waals surface area contributed by atoms with Crippen LogP contribution >= 0.6 is 0 Å². The lowest BCUT2D eigenvalue weighted by atomic mass is 10.1. The average molecular weight is 272 g/mol. The number of pyridine rings is 1. The molecule has 1 fully saturated rings. The smallest absolute Gasteiger partial charge is 0.144 e. The van der Waals surface area contributed by atoms with Crippen LogP contribution in [0.3, 0.4) is 0 Å². The number of aromatic nitrogens is 1. The van der Waals surface area contributed by atoms with Gasteiger partial charge in [0.25, 0.3) is 0 Å². The number of nitriles is 1. The van der Waals surface area contributed by atoms with E-state index in [0.29, 0.717) is 17.4 Å². The summed E-state index contributed by atoms with van der Waals surface area (Å²) in [6, 6.07) is 6.53. The molecule has 2 rings (SSSR count). The molecule has 1 saturated carbocycles. The molecule has 0 aromatic carbocycles. The van der Waals surface area contributed by atoms with Crippen LogP contribution in [-0.4, -0.2) is 24.1 Å². The average Bonchev–Trinajstić information content (AvgIpc) is 2.72. The fraction of sp³-hybridized carbons (Fsp3) is 0.625. The fourth-order valence-corrected chi connectivity index (χ4v) is 2.72. The highest BCUT2D eigenvalue weighted by Gasteiger charge is 2.11. The molecule has 0 aliphatic heterocycles. The number of rotatable bonds is 5. The lowest BCUT2D eigenvalue weighted by molar-refractivity contribution is 0.468. The normalized spacial score (nSPS) is 16.4. The van der Waals surface area contributed by atoms with Crippen molar-refractivity contribution in [3.05, 3.63) is 23.4 Å². The highest BCUT2D eigenvalue weighted by Crippen LogP contribution is 2.17. The fourth-order valence-electron chi connectivity index (χ4n) is 2.72. The molecule has 1 aromatic heterocycles. The van der Waals surface area contributed by atoms with Gasteiger partial charge in [-0.25, -0.2) is 4.98 Å². The SMILES string of the molecule is Cc1ccc(C#N)c(NCCNC2CCCCCC2)n1. The van der Waals surface area contributed by atoms with Gasteiger partial charge in [-0.15, -0.1) is 0 Å². The van der Waals surface area contributed by atoms with Crippen LogP contribution in [0.5, 0.6) is 0 Å². The Morgan fingerprint density at radius 1 is 1.20 bits per heavy atom. The minimum atomic E-state index is 0.616. The van der Waals surface area contributed by atoms with E-state index < -0.39 is 0 Å². The third-order valence-corrected chi connectivity index (χ3v) is 3.86. The van der Waals surface area contributed by atoms with Gasteiger partial charge in [-0.05, 0) is 31.9 Å². The number of aryl methyl sites for hydroxylation is 1. The van der Waals surface area contributed by atoms with E-state index >= 15 is 0 Å². The van der Waals surface area contributed by atoms with Gasteiger partial charge in [0.15, 0.2) is 0 Å². The van der Waals surface area contributed by atoms with Crippen LogP contribution in [0.25, 0.3) is 0 Å². The largest absolute Gasteiger partial charge is 0.368 e. The highest BCUT2D eigenvalue weighted by molar-refractivity contribution is 5.52. The number of hydrogen-bond acceptors (Lipinski definition) is 4. The molecular formula is C16H24N4. The zero-order chi connectivity index (χ0) is 14.2. The molecule has 1 aliphatic carbocycles. The second-order valence-corrected chi connectivity index (χ2v) is 5.53. The summed E-state index contributed by atoms with van der Waals surface area (Å²) in [6.45, 7) is 3.67. The number of hydrogen-bond donors (Lipinski definition) is 2. The number of anilines is 1.